The van der Waals surface area contributed by atoms with Crippen molar-refractivity contribution in [3.05, 3.63) is 77.1 Å². The van der Waals surface area contributed by atoms with Crippen LogP contribution in [0.5, 0.6) is 0 Å². The van der Waals surface area contributed by atoms with Crippen molar-refractivity contribution in [2.75, 3.05) is 5.32 Å². The van der Waals surface area contributed by atoms with E-state index in [0.29, 0.717) is 15.6 Å². The number of nitrogens with two attached hydrogens (primary N) is 1. The summed E-state index contributed by atoms with van der Waals surface area (Å²) in [5.41, 5.74) is 3.87. The molecule has 1 unspecified atom stereocenters. The summed E-state index contributed by atoms with van der Waals surface area (Å²) in [4.78, 5) is 17.0. The van der Waals surface area contributed by atoms with E-state index in [4.69, 9.17) is 16.7 Å². The average Bonchev–Trinajstić information content (AvgIpc) is 2.63. The molecule has 138 valence electrons. The van der Waals surface area contributed by atoms with E-state index in [0.717, 1.165) is 22.3 Å². The minimum atomic E-state index is -1.68. The zero-order valence-electron chi connectivity index (χ0n) is 14.6. The maximum atomic E-state index is 12.4. The number of aromatic nitrogens is 1. The lowest BCUT2D eigenvalue weighted by atomic mass is 10.1. The number of hydrogen-bond donors (Lipinski definition) is 2. The summed E-state index contributed by atoms with van der Waals surface area (Å²) in [6, 6.07) is 14.3. The molecule has 27 heavy (non-hydrogen) atoms. The second-order valence-electron chi connectivity index (χ2n) is 6.11. The van der Waals surface area contributed by atoms with Gasteiger partial charge in [0.1, 0.15) is 0 Å². The van der Waals surface area contributed by atoms with Crippen molar-refractivity contribution in [3.63, 3.8) is 0 Å². The van der Waals surface area contributed by atoms with Gasteiger partial charge in [0.25, 0.3) is 0 Å². The summed E-state index contributed by atoms with van der Waals surface area (Å²) in [5.74, 6) is -0.226. The van der Waals surface area contributed by atoms with E-state index < -0.39 is 11.4 Å². The number of halogens is 1. The summed E-state index contributed by atoms with van der Waals surface area (Å²) in [7, 11) is 0. The standard InChI is InChI=1S/C20H18ClN3O2S/c1-13-6-16(12-23-11-13)15-7-17(10-18(8-15)27(22)26)24-20(25)9-14-4-2-3-5-19(14)21/h2-8,10-12H,9,22H2,1H3,(H,24,25). The van der Waals surface area contributed by atoms with Crippen LogP contribution in [0.3, 0.4) is 0 Å². The van der Waals surface area contributed by atoms with Gasteiger partial charge in [0, 0.05) is 40.8 Å². The first kappa shape index (κ1) is 19.4. The molecule has 1 amide bonds. The molecule has 0 saturated carbocycles. The van der Waals surface area contributed by atoms with Crippen LogP contribution in [0, 0.1) is 6.92 Å². The van der Waals surface area contributed by atoms with Gasteiger partial charge in [0.15, 0.2) is 4.90 Å². The Kier molecular flexibility index (Phi) is 6.13. The molecule has 0 aliphatic rings. The maximum Gasteiger partial charge on any atom is 0.228 e. The molecule has 1 atom stereocenters. The van der Waals surface area contributed by atoms with Crippen LogP contribution in [0.1, 0.15) is 11.1 Å². The lowest BCUT2D eigenvalue weighted by Gasteiger charge is -2.12. The molecule has 1 aromatic heterocycles. The number of aryl methyl sites for hydroxylation is 1. The zero-order valence-corrected chi connectivity index (χ0v) is 16.2. The lowest BCUT2D eigenvalue weighted by Crippen LogP contribution is -2.16. The van der Waals surface area contributed by atoms with Crippen molar-refractivity contribution < 1.29 is 9.35 Å². The Morgan fingerprint density at radius 2 is 1.96 bits per heavy atom. The van der Waals surface area contributed by atoms with Gasteiger partial charge in [-0.15, -0.1) is 5.14 Å². The molecule has 0 saturated heterocycles. The smallest absolute Gasteiger partial charge is 0.228 e. The van der Waals surface area contributed by atoms with Gasteiger partial charge in [-0.2, -0.15) is 0 Å². The topological polar surface area (TPSA) is 91.1 Å². The van der Waals surface area contributed by atoms with E-state index in [-0.39, 0.29) is 12.3 Å². The molecule has 3 rings (SSSR count). The molecule has 7 heteroatoms. The first-order valence-corrected chi connectivity index (χ1v) is 9.78. The Labute approximate surface area is 165 Å². The highest BCUT2D eigenvalue weighted by atomic mass is 35.5. The normalized spacial score (nSPS) is 11.9. The lowest BCUT2D eigenvalue weighted by molar-refractivity contribution is -0.115. The fourth-order valence-corrected chi connectivity index (χ4v) is 3.38. The Hall–Kier alpha value is -2.38. The van der Waals surface area contributed by atoms with E-state index in [1.54, 1.807) is 42.7 Å². The first-order chi connectivity index (χ1) is 12.9. The van der Waals surface area contributed by atoms with Crippen LogP contribution >= 0.6 is 11.6 Å². The van der Waals surface area contributed by atoms with Crippen molar-refractivity contribution in [1.82, 2.24) is 4.98 Å². The molecule has 0 aliphatic heterocycles. The highest BCUT2D eigenvalue weighted by Crippen LogP contribution is 2.27. The highest BCUT2D eigenvalue weighted by molar-refractivity contribution is 7.89. The van der Waals surface area contributed by atoms with Gasteiger partial charge in [-0.3, -0.25) is 9.78 Å². The third-order valence-corrected chi connectivity index (χ3v) is 5.01. The van der Waals surface area contributed by atoms with Crippen molar-refractivity contribution in [2.45, 2.75) is 18.2 Å². The van der Waals surface area contributed by atoms with Crippen molar-refractivity contribution in [3.8, 4) is 11.1 Å². The Morgan fingerprint density at radius 1 is 1.19 bits per heavy atom. The van der Waals surface area contributed by atoms with E-state index in [9.17, 15) is 9.35 Å². The number of hydrogen-bond acceptors (Lipinski definition) is 4. The Morgan fingerprint density at radius 3 is 2.67 bits per heavy atom. The summed E-state index contributed by atoms with van der Waals surface area (Å²) in [5, 5.41) is 8.93. The van der Waals surface area contributed by atoms with E-state index in [2.05, 4.69) is 10.3 Å². The summed E-state index contributed by atoms with van der Waals surface area (Å²) >= 11 is 4.44. The number of pyridine rings is 1. The monoisotopic (exact) mass is 399 g/mol. The van der Waals surface area contributed by atoms with Gasteiger partial charge in [-0.05, 0) is 41.8 Å². The third-order valence-electron chi connectivity index (χ3n) is 3.94. The van der Waals surface area contributed by atoms with Gasteiger partial charge in [-0.25, -0.2) is 0 Å². The van der Waals surface area contributed by atoms with Crippen molar-refractivity contribution in [1.29, 1.82) is 0 Å². The number of carbonyl (C=O) groups excluding carboxylic acids is 1. The van der Waals surface area contributed by atoms with Crippen LogP contribution in [0.25, 0.3) is 11.1 Å². The SMILES string of the molecule is Cc1cncc(-c2cc(NC(=O)Cc3ccccc3Cl)cc([S+](N)[O-])c2)c1. The third kappa shape index (κ3) is 5.08. The van der Waals surface area contributed by atoms with Crippen LogP contribution in [0.4, 0.5) is 5.69 Å². The van der Waals surface area contributed by atoms with Crippen molar-refractivity contribution >= 4 is 34.6 Å². The molecular weight excluding hydrogens is 382 g/mol. The number of nitrogens with zero attached hydrogens (tertiary/aromatic N) is 1. The number of anilines is 1. The quantitative estimate of drug-likeness (QED) is 0.637. The van der Waals surface area contributed by atoms with Gasteiger partial charge >= 0.3 is 0 Å². The fraction of sp³-hybridized carbons (Fsp3) is 0.100. The van der Waals surface area contributed by atoms with Gasteiger partial charge < -0.3 is 9.87 Å². The number of amides is 1. The van der Waals surface area contributed by atoms with Crippen LogP contribution in [0.15, 0.2) is 65.8 Å². The minimum Gasteiger partial charge on any atom is -0.593 e. The molecule has 0 bridgehead atoms. The second kappa shape index (κ2) is 8.54. The minimum absolute atomic E-state index is 0.136. The molecule has 0 radical (unpaired) electrons. The van der Waals surface area contributed by atoms with Crippen molar-refractivity contribution in [2.24, 2.45) is 5.14 Å². The van der Waals surface area contributed by atoms with Crippen LogP contribution in [-0.2, 0) is 22.6 Å². The van der Waals surface area contributed by atoms with Crippen LogP contribution in [-0.4, -0.2) is 15.4 Å². The largest absolute Gasteiger partial charge is 0.593 e. The molecule has 1 heterocycles. The second-order valence-corrected chi connectivity index (χ2v) is 7.58. The van der Waals surface area contributed by atoms with E-state index >= 15 is 0 Å². The average molecular weight is 400 g/mol. The number of benzene rings is 2. The predicted molar refractivity (Wildman–Crippen MR) is 109 cm³/mol. The summed E-state index contributed by atoms with van der Waals surface area (Å²) < 4.78 is 11.8. The molecule has 3 aromatic rings. The number of nitrogens with one attached hydrogen (secondary N) is 1. The Balaban J connectivity index is 1.88. The predicted octanol–water partition coefficient (Wildman–Crippen LogP) is 3.87. The van der Waals surface area contributed by atoms with E-state index in [1.807, 2.05) is 25.1 Å². The number of rotatable bonds is 5. The summed E-state index contributed by atoms with van der Waals surface area (Å²) in [6.07, 6.45) is 3.60. The molecule has 3 N–H and O–H groups in total. The van der Waals surface area contributed by atoms with Crippen LogP contribution in [0.2, 0.25) is 5.02 Å². The molecule has 0 spiro atoms. The van der Waals surface area contributed by atoms with Gasteiger partial charge in [0.2, 0.25) is 5.91 Å². The summed E-state index contributed by atoms with van der Waals surface area (Å²) in [6.45, 7) is 1.94. The van der Waals surface area contributed by atoms with Gasteiger partial charge in [-0.1, -0.05) is 29.8 Å². The molecular formula is C20H18ClN3O2S. The molecule has 0 aliphatic carbocycles. The van der Waals surface area contributed by atoms with E-state index in [1.165, 1.54) is 0 Å². The Bertz CT molecular complexity index is 979. The first-order valence-electron chi connectivity index (χ1n) is 8.19. The highest BCUT2D eigenvalue weighted by Gasteiger charge is 2.14. The van der Waals surface area contributed by atoms with Crippen LogP contribution < -0.4 is 10.5 Å². The zero-order chi connectivity index (χ0) is 19.4. The number of carbonyl (C=O) groups is 1. The maximum absolute atomic E-state index is 12.4. The van der Waals surface area contributed by atoms with Gasteiger partial charge in [0.05, 0.1) is 17.8 Å². The molecule has 0 fully saturated rings. The molecule has 2 aromatic carbocycles. The fourth-order valence-electron chi connectivity index (χ4n) is 2.69. The molecule has 5 nitrogen and oxygen atoms in total.